The van der Waals surface area contributed by atoms with Gasteiger partial charge in [-0.2, -0.15) is 0 Å². The maximum Gasteiger partial charge on any atom is 0.260 e. The van der Waals surface area contributed by atoms with Crippen molar-refractivity contribution in [2.75, 3.05) is 6.54 Å². The summed E-state index contributed by atoms with van der Waals surface area (Å²) < 4.78 is 0. The summed E-state index contributed by atoms with van der Waals surface area (Å²) in [5.74, 6) is 0.0679. The maximum absolute atomic E-state index is 12.4. The molecule has 1 saturated heterocycles. The van der Waals surface area contributed by atoms with Crippen LogP contribution < -0.4 is 0 Å². The molecule has 3 rings (SSSR count). The summed E-state index contributed by atoms with van der Waals surface area (Å²) in [6, 6.07) is 14.8. The highest BCUT2D eigenvalue weighted by Gasteiger charge is 2.39. The number of rotatable bonds is 3. The van der Waals surface area contributed by atoms with Crippen LogP contribution in [0.1, 0.15) is 32.8 Å². The van der Waals surface area contributed by atoms with Crippen molar-refractivity contribution < 1.29 is 4.79 Å². The van der Waals surface area contributed by atoms with Gasteiger partial charge in [0.05, 0.1) is 0 Å². The Morgan fingerprint density at radius 1 is 1.17 bits per heavy atom. The zero-order valence-electron chi connectivity index (χ0n) is 14.1. The Labute approximate surface area is 138 Å². The average Bonchev–Trinajstić information content (AvgIpc) is 2.83. The van der Waals surface area contributed by atoms with Gasteiger partial charge in [-0.1, -0.05) is 48.5 Å². The van der Waals surface area contributed by atoms with Crippen molar-refractivity contribution in [1.82, 2.24) is 10.0 Å². The number of hydrazine groups is 1. The molecule has 0 unspecified atom stereocenters. The second-order valence-corrected chi connectivity index (χ2v) is 6.72. The van der Waals surface area contributed by atoms with E-state index in [1.54, 1.807) is 6.08 Å². The molecule has 1 fully saturated rings. The Balaban J connectivity index is 1.96. The minimum atomic E-state index is -0.0197. The first-order valence-corrected chi connectivity index (χ1v) is 8.21. The Kier molecular flexibility index (Phi) is 4.22. The molecule has 0 N–H and O–H groups in total. The third-order valence-corrected chi connectivity index (χ3v) is 4.69. The normalized spacial score (nSPS) is 18.1. The van der Waals surface area contributed by atoms with E-state index in [4.69, 9.17) is 0 Å². The Hall–Kier alpha value is -2.13. The van der Waals surface area contributed by atoms with Crippen molar-refractivity contribution in [2.24, 2.45) is 0 Å². The summed E-state index contributed by atoms with van der Waals surface area (Å²) >= 11 is 0. The lowest BCUT2D eigenvalue weighted by atomic mass is 10.00. The predicted molar refractivity (Wildman–Crippen MR) is 94.7 cm³/mol. The number of allylic oxidation sites excluding steroid dienone is 1. The van der Waals surface area contributed by atoms with E-state index in [1.165, 1.54) is 16.3 Å². The van der Waals surface area contributed by atoms with E-state index >= 15 is 0 Å². The molecule has 0 aromatic heterocycles. The van der Waals surface area contributed by atoms with Gasteiger partial charge in [0.25, 0.3) is 5.91 Å². The molecule has 3 heteroatoms. The van der Waals surface area contributed by atoms with Crippen LogP contribution in [0.3, 0.4) is 0 Å². The van der Waals surface area contributed by atoms with Gasteiger partial charge in [0, 0.05) is 24.7 Å². The summed E-state index contributed by atoms with van der Waals surface area (Å²) in [5.41, 5.74) is 1.24. The quantitative estimate of drug-likeness (QED) is 0.796. The smallest absolute Gasteiger partial charge is 0.260 e. The molecule has 1 aliphatic rings. The van der Waals surface area contributed by atoms with E-state index in [0.29, 0.717) is 0 Å². The van der Waals surface area contributed by atoms with Gasteiger partial charge < -0.3 is 0 Å². The van der Waals surface area contributed by atoms with E-state index in [2.05, 4.69) is 61.3 Å². The molecule has 3 nitrogen and oxygen atoms in total. The molecular formula is C20H24N2O. The molecule has 0 atom stereocenters. The zero-order valence-corrected chi connectivity index (χ0v) is 14.1. The predicted octanol–water partition coefficient (Wildman–Crippen LogP) is 4.14. The second-order valence-electron chi connectivity index (χ2n) is 6.72. The third kappa shape index (κ3) is 3.02. The molecule has 0 radical (unpaired) electrons. The molecule has 2 aromatic rings. The van der Waals surface area contributed by atoms with Crippen LogP contribution in [0.25, 0.3) is 10.8 Å². The first-order valence-electron chi connectivity index (χ1n) is 8.21. The molecule has 120 valence electrons. The number of amides is 1. The first-order chi connectivity index (χ1) is 11.0. The summed E-state index contributed by atoms with van der Waals surface area (Å²) in [6.07, 6.45) is 4.45. The standard InChI is InChI=1S/C20H24N2O/c1-4-8-19(23)21-14-13-20(2,3)22(21)15-17-11-7-10-16-9-5-6-12-18(16)17/h4-12H,13-15H2,1-3H3/b8-4+. The number of benzene rings is 2. The van der Waals surface area contributed by atoms with Crippen molar-refractivity contribution in [3.63, 3.8) is 0 Å². The summed E-state index contributed by atoms with van der Waals surface area (Å²) in [4.78, 5) is 12.4. The van der Waals surface area contributed by atoms with Crippen molar-refractivity contribution in [3.05, 3.63) is 60.2 Å². The van der Waals surface area contributed by atoms with Crippen LogP contribution in [-0.4, -0.2) is 28.0 Å². The van der Waals surface area contributed by atoms with Gasteiger partial charge in [-0.25, -0.2) is 5.01 Å². The van der Waals surface area contributed by atoms with Crippen molar-refractivity contribution in [3.8, 4) is 0 Å². The number of carbonyl (C=O) groups excluding carboxylic acids is 1. The Morgan fingerprint density at radius 2 is 1.91 bits per heavy atom. The van der Waals surface area contributed by atoms with E-state index in [9.17, 15) is 4.79 Å². The third-order valence-electron chi connectivity index (χ3n) is 4.69. The topological polar surface area (TPSA) is 23.6 Å². The van der Waals surface area contributed by atoms with Gasteiger partial charge in [-0.05, 0) is 43.5 Å². The number of hydrogen-bond donors (Lipinski definition) is 0. The van der Waals surface area contributed by atoms with E-state index in [-0.39, 0.29) is 11.4 Å². The van der Waals surface area contributed by atoms with Gasteiger partial charge in [0.15, 0.2) is 0 Å². The van der Waals surface area contributed by atoms with Crippen LogP contribution in [0.4, 0.5) is 0 Å². The number of fused-ring (bicyclic) bond motifs is 1. The zero-order chi connectivity index (χ0) is 16.4. The van der Waals surface area contributed by atoms with Gasteiger partial charge in [0.1, 0.15) is 0 Å². The highest BCUT2D eigenvalue weighted by Crippen LogP contribution is 2.32. The highest BCUT2D eigenvalue weighted by atomic mass is 16.2. The molecule has 0 bridgehead atoms. The molecule has 0 saturated carbocycles. The Bertz CT molecular complexity index is 743. The van der Waals surface area contributed by atoms with Crippen LogP contribution >= 0.6 is 0 Å². The van der Waals surface area contributed by atoms with E-state index in [1.807, 2.05) is 18.0 Å². The molecule has 1 aliphatic heterocycles. The lowest BCUT2D eigenvalue weighted by Gasteiger charge is -2.36. The summed E-state index contributed by atoms with van der Waals surface area (Å²) in [7, 11) is 0. The highest BCUT2D eigenvalue weighted by molar-refractivity contribution is 5.88. The fourth-order valence-electron chi connectivity index (χ4n) is 3.30. The summed E-state index contributed by atoms with van der Waals surface area (Å²) in [5, 5.41) is 6.61. The minimum absolute atomic E-state index is 0.0197. The van der Waals surface area contributed by atoms with Crippen LogP contribution in [0, 0.1) is 0 Å². The lowest BCUT2D eigenvalue weighted by molar-refractivity contribution is -0.144. The van der Waals surface area contributed by atoms with Crippen LogP contribution in [-0.2, 0) is 11.3 Å². The largest absolute Gasteiger partial charge is 0.271 e. The van der Waals surface area contributed by atoms with Gasteiger partial charge >= 0.3 is 0 Å². The molecule has 1 amide bonds. The van der Waals surface area contributed by atoms with Gasteiger partial charge in [-0.3, -0.25) is 9.80 Å². The molecule has 1 heterocycles. The van der Waals surface area contributed by atoms with Crippen molar-refractivity contribution >= 4 is 16.7 Å². The average molecular weight is 308 g/mol. The molecular weight excluding hydrogens is 284 g/mol. The van der Waals surface area contributed by atoms with Crippen LogP contribution in [0.2, 0.25) is 0 Å². The van der Waals surface area contributed by atoms with Crippen molar-refractivity contribution in [1.29, 1.82) is 0 Å². The number of nitrogens with zero attached hydrogens (tertiary/aromatic N) is 2. The molecule has 2 aromatic carbocycles. The maximum atomic E-state index is 12.4. The van der Waals surface area contributed by atoms with E-state index < -0.39 is 0 Å². The molecule has 0 aliphatic carbocycles. The second kappa shape index (κ2) is 6.17. The fraction of sp³-hybridized carbons (Fsp3) is 0.350. The van der Waals surface area contributed by atoms with E-state index in [0.717, 1.165) is 19.5 Å². The van der Waals surface area contributed by atoms with Gasteiger partial charge in [0.2, 0.25) is 0 Å². The monoisotopic (exact) mass is 308 g/mol. The fourth-order valence-corrected chi connectivity index (χ4v) is 3.30. The first kappa shape index (κ1) is 15.8. The molecule has 23 heavy (non-hydrogen) atoms. The van der Waals surface area contributed by atoms with Gasteiger partial charge in [-0.15, -0.1) is 0 Å². The van der Waals surface area contributed by atoms with Crippen molar-refractivity contribution in [2.45, 2.75) is 39.3 Å². The van der Waals surface area contributed by atoms with Crippen LogP contribution in [0.15, 0.2) is 54.6 Å². The number of carbonyl (C=O) groups is 1. The minimum Gasteiger partial charge on any atom is -0.271 e. The Morgan fingerprint density at radius 3 is 2.70 bits per heavy atom. The number of hydrogen-bond acceptors (Lipinski definition) is 2. The summed E-state index contributed by atoms with van der Waals surface area (Å²) in [6.45, 7) is 7.83. The SMILES string of the molecule is C/C=C/C(=O)N1CCC(C)(C)N1Cc1cccc2ccccc12. The van der Waals surface area contributed by atoms with Crippen LogP contribution in [0.5, 0.6) is 0 Å². The molecule has 0 spiro atoms. The lowest BCUT2D eigenvalue weighted by Crippen LogP contribution is -2.47.